The molecule has 4 heteroatoms. The number of rotatable bonds is 3. The average molecular weight is 197 g/mol. The molecule has 1 N–H and O–H groups in total. The molecule has 0 aliphatic heterocycles. The first-order valence-corrected chi connectivity index (χ1v) is 4.87. The molecule has 0 spiro atoms. The van der Waals surface area contributed by atoms with Gasteiger partial charge in [-0.05, 0) is 20.8 Å². The number of imidazole rings is 1. The average Bonchev–Trinajstić information content (AvgIpc) is 2.33. The summed E-state index contributed by atoms with van der Waals surface area (Å²) in [5.41, 5.74) is 0.152. The molecule has 0 aliphatic carbocycles. The van der Waals surface area contributed by atoms with Crippen molar-refractivity contribution < 1.29 is 0 Å². The highest BCUT2D eigenvalue weighted by Crippen LogP contribution is 1.97. The molecule has 0 bridgehead atoms. The first-order valence-electron chi connectivity index (χ1n) is 4.87. The normalized spacial score (nSPS) is 12.0. The van der Waals surface area contributed by atoms with E-state index in [9.17, 15) is 4.79 Å². The lowest BCUT2D eigenvalue weighted by Gasteiger charge is -2.20. The summed E-state index contributed by atoms with van der Waals surface area (Å²) in [6, 6.07) is 0. The number of hydrogen-bond acceptors (Lipinski definition) is 2. The van der Waals surface area contributed by atoms with Crippen LogP contribution in [0.3, 0.4) is 0 Å². The van der Waals surface area contributed by atoms with Gasteiger partial charge in [-0.15, -0.1) is 0 Å². The fraction of sp³-hybridized carbons (Fsp3) is 0.700. The molecule has 0 amide bonds. The largest absolute Gasteiger partial charge is 0.327 e. The Morgan fingerprint density at radius 1 is 1.36 bits per heavy atom. The molecule has 0 saturated carbocycles. The van der Waals surface area contributed by atoms with Gasteiger partial charge in [0, 0.05) is 38.1 Å². The Morgan fingerprint density at radius 2 is 2.00 bits per heavy atom. The summed E-state index contributed by atoms with van der Waals surface area (Å²) < 4.78 is 3.29. The van der Waals surface area contributed by atoms with E-state index in [-0.39, 0.29) is 11.2 Å². The molecule has 0 radical (unpaired) electrons. The lowest BCUT2D eigenvalue weighted by molar-refractivity contribution is 0.410. The van der Waals surface area contributed by atoms with Crippen molar-refractivity contribution in [2.45, 2.75) is 32.9 Å². The molecule has 1 rings (SSSR count). The topological polar surface area (TPSA) is 39.0 Å². The Hall–Kier alpha value is -1.03. The summed E-state index contributed by atoms with van der Waals surface area (Å²) in [7, 11) is 1.76. The third-order valence-corrected chi connectivity index (χ3v) is 2.03. The van der Waals surface area contributed by atoms with Gasteiger partial charge in [0.05, 0.1) is 0 Å². The fourth-order valence-electron chi connectivity index (χ4n) is 1.23. The number of aryl methyl sites for hydroxylation is 1. The van der Waals surface area contributed by atoms with Crippen molar-refractivity contribution in [2.24, 2.45) is 7.05 Å². The van der Waals surface area contributed by atoms with E-state index in [1.807, 2.05) is 6.20 Å². The highest BCUT2D eigenvalue weighted by atomic mass is 16.1. The van der Waals surface area contributed by atoms with Crippen LogP contribution in [0.1, 0.15) is 20.8 Å². The van der Waals surface area contributed by atoms with Crippen LogP contribution in [0, 0.1) is 0 Å². The predicted molar refractivity (Wildman–Crippen MR) is 57.4 cm³/mol. The zero-order valence-electron chi connectivity index (χ0n) is 9.37. The maximum Gasteiger partial charge on any atom is 0.327 e. The van der Waals surface area contributed by atoms with Crippen LogP contribution in [0.2, 0.25) is 0 Å². The van der Waals surface area contributed by atoms with E-state index in [0.717, 1.165) is 13.1 Å². The zero-order valence-corrected chi connectivity index (χ0v) is 9.37. The van der Waals surface area contributed by atoms with E-state index in [0.29, 0.717) is 0 Å². The molecule has 4 nitrogen and oxygen atoms in total. The van der Waals surface area contributed by atoms with Crippen molar-refractivity contribution in [3.63, 3.8) is 0 Å². The highest BCUT2D eigenvalue weighted by Gasteiger charge is 2.08. The minimum atomic E-state index is 0.0423. The standard InChI is InChI=1S/C10H19N3O/c1-10(2,3)11-5-6-13-8-7-12(4)9(13)14/h7-8,11H,5-6H2,1-4H3. The molecule has 1 aromatic rings. The SMILES string of the molecule is Cn1ccn(CCNC(C)(C)C)c1=O. The van der Waals surface area contributed by atoms with Gasteiger partial charge in [-0.25, -0.2) is 4.79 Å². The number of nitrogens with one attached hydrogen (secondary N) is 1. The van der Waals surface area contributed by atoms with Gasteiger partial charge < -0.3 is 9.88 Å². The third-order valence-electron chi connectivity index (χ3n) is 2.03. The molecule has 80 valence electrons. The number of aromatic nitrogens is 2. The van der Waals surface area contributed by atoms with Crippen molar-refractivity contribution in [1.29, 1.82) is 0 Å². The molecule has 0 saturated heterocycles. The van der Waals surface area contributed by atoms with Crippen molar-refractivity contribution >= 4 is 0 Å². The highest BCUT2D eigenvalue weighted by molar-refractivity contribution is 4.80. The van der Waals surface area contributed by atoms with Crippen molar-refractivity contribution in [1.82, 2.24) is 14.5 Å². The minimum absolute atomic E-state index is 0.0423. The van der Waals surface area contributed by atoms with Crippen LogP contribution in [0.25, 0.3) is 0 Å². The molecule has 0 atom stereocenters. The van der Waals surface area contributed by atoms with Gasteiger partial charge in [-0.2, -0.15) is 0 Å². The second-order valence-electron chi connectivity index (χ2n) is 4.56. The smallest absolute Gasteiger partial charge is 0.310 e. The summed E-state index contributed by atoms with van der Waals surface area (Å²) in [6.45, 7) is 7.87. The van der Waals surface area contributed by atoms with E-state index < -0.39 is 0 Å². The molecule has 0 aliphatic rings. The number of nitrogens with zero attached hydrogens (tertiary/aromatic N) is 2. The van der Waals surface area contributed by atoms with Crippen LogP contribution in [0.4, 0.5) is 0 Å². The Balaban J connectivity index is 2.47. The van der Waals surface area contributed by atoms with Gasteiger partial charge in [0.25, 0.3) is 0 Å². The maximum absolute atomic E-state index is 11.4. The molecular weight excluding hydrogens is 178 g/mol. The number of hydrogen-bond donors (Lipinski definition) is 1. The van der Waals surface area contributed by atoms with Gasteiger partial charge in [-0.1, -0.05) is 0 Å². The van der Waals surface area contributed by atoms with Crippen molar-refractivity contribution in [3.05, 3.63) is 22.9 Å². The lowest BCUT2D eigenvalue weighted by atomic mass is 10.1. The van der Waals surface area contributed by atoms with Gasteiger partial charge in [0.1, 0.15) is 0 Å². The first-order chi connectivity index (χ1) is 6.40. The van der Waals surface area contributed by atoms with Crippen LogP contribution in [0.15, 0.2) is 17.2 Å². The van der Waals surface area contributed by atoms with Crippen LogP contribution in [-0.4, -0.2) is 21.2 Å². The minimum Gasteiger partial charge on any atom is -0.310 e. The van der Waals surface area contributed by atoms with E-state index >= 15 is 0 Å². The predicted octanol–water partition coefficient (Wildman–Crippen LogP) is 0.575. The Morgan fingerprint density at radius 3 is 2.43 bits per heavy atom. The van der Waals surface area contributed by atoms with Crippen LogP contribution in [-0.2, 0) is 13.6 Å². The van der Waals surface area contributed by atoms with E-state index in [4.69, 9.17) is 0 Å². The molecule has 1 heterocycles. The van der Waals surface area contributed by atoms with Crippen molar-refractivity contribution in [3.8, 4) is 0 Å². The van der Waals surface area contributed by atoms with Crippen molar-refractivity contribution in [2.75, 3.05) is 6.54 Å². The third kappa shape index (κ3) is 3.03. The molecule has 0 unspecified atom stereocenters. The van der Waals surface area contributed by atoms with Crippen LogP contribution in [0.5, 0.6) is 0 Å². The van der Waals surface area contributed by atoms with Gasteiger partial charge in [0.2, 0.25) is 0 Å². The second kappa shape index (κ2) is 4.00. The van der Waals surface area contributed by atoms with E-state index in [1.165, 1.54) is 0 Å². The van der Waals surface area contributed by atoms with Gasteiger partial charge in [-0.3, -0.25) is 4.57 Å². The second-order valence-corrected chi connectivity index (χ2v) is 4.56. The molecular formula is C10H19N3O. The summed E-state index contributed by atoms with van der Waals surface area (Å²) in [6.07, 6.45) is 3.59. The monoisotopic (exact) mass is 197 g/mol. The Bertz CT molecular complexity index is 343. The van der Waals surface area contributed by atoms with E-state index in [1.54, 1.807) is 22.4 Å². The molecule has 14 heavy (non-hydrogen) atoms. The van der Waals surface area contributed by atoms with Gasteiger partial charge >= 0.3 is 5.69 Å². The fourth-order valence-corrected chi connectivity index (χ4v) is 1.23. The summed E-state index contributed by atoms with van der Waals surface area (Å²) in [5.74, 6) is 0. The zero-order chi connectivity index (χ0) is 10.8. The lowest BCUT2D eigenvalue weighted by Crippen LogP contribution is -2.39. The Labute approximate surface area is 84.5 Å². The summed E-state index contributed by atoms with van der Waals surface area (Å²) >= 11 is 0. The van der Waals surface area contributed by atoms with Crippen LogP contribution >= 0.6 is 0 Å². The van der Waals surface area contributed by atoms with Crippen LogP contribution < -0.4 is 11.0 Å². The first kappa shape index (κ1) is 11.0. The molecule has 1 aromatic heterocycles. The summed E-state index contributed by atoms with van der Waals surface area (Å²) in [5, 5.41) is 3.34. The van der Waals surface area contributed by atoms with E-state index in [2.05, 4.69) is 26.1 Å². The molecule has 0 aromatic carbocycles. The maximum atomic E-state index is 11.4. The summed E-state index contributed by atoms with van der Waals surface area (Å²) in [4.78, 5) is 11.4. The molecule has 0 fully saturated rings. The Kier molecular flexibility index (Phi) is 3.16. The quantitative estimate of drug-likeness (QED) is 0.769. The van der Waals surface area contributed by atoms with Gasteiger partial charge in [0.15, 0.2) is 0 Å².